The number of likely N-dealkylation sites (N-methyl/N-ethyl adjacent to an activating group) is 1. The molecule has 0 radical (unpaired) electrons. The summed E-state index contributed by atoms with van der Waals surface area (Å²) in [7, 11) is -3.17. The van der Waals surface area contributed by atoms with E-state index in [1.165, 1.54) is 4.31 Å². The van der Waals surface area contributed by atoms with E-state index in [1.54, 1.807) is 6.92 Å². The second-order valence-corrected chi connectivity index (χ2v) is 9.74. The number of nitrogens with zero attached hydrogens (tertiary/aromatic N) is 2. The van der Waals surface area contributed by atoms with Crippen molar-refractivity contribution < 1.29 is 13.2 Å². The Morgan fingerprint density at radius 3 is 2.36 bits per heavy atom. The van der Waals surface area contributed by atoms with Gasteiger partial charge in [0.05, 0.1) is 11.8 Å². The Kier molecular flexibility index (Phi) is 8.74. The third-order valence-electron chi connectivity index (χ3n) is 5.57. The molecule has 1 aliphatic rings. The molecule has 1 atom stereocenters. The van der Waals surface area contributed by atoms with Gasteiger partial charge in [-0.1, -0.05) is 43.6 Å². The van der Waals surface area contributed by atoms with Gasteiger partial charge in [0.25, 0.3) is 0 Å². The predicted molar refractivity (Wildman–Crippen MR) is 114 cm³/mol. The zero-order valence-corrected chi connectivity index (χ0v) is 18.6. The lowest BCUT2D eigenvalue weighted by molar-refractivity contribution is -0.126. The van der Waals surface area contributed by atoms with Gasteiger partial charge < -0.3 is 5.32 Å². The van der Waals surface area contributed by atoms with Crippen LogP contribution in [0.15, 0.2) is 24.3 Å². The van der Waals surface area contributed by atoms with Gasteiger partial charge in [-0.25, -0.2) is 12.7 Å². The molecule has 0 aromatic heterocycles. The maximum Gasteiger partial charge on any atom is 0.223 e. The number of nitrogens with one attached hydrogen (secondary N) is 1. The highest BCUT2D eigenvalue weighted by Crippen LogP contribution is 2.27. The van der Waals surface area contributed by atoms with Crippen molar-refractivity contribution in [2.75, 3.05) is 38.5 Å². The largest absolute Gasteiger partial charge is 0.354 e. The topological polar surface area (TPSA) is 69.7 Å². The summed E-state index contributed by atoms with van der Waals surface area (Å²) in [6, 6.07) is 7.75. The summed E-state index contributed by atoms with van der Waals surface area (Å²) in [6.45, 7) is 8.87. The minimum Gasteiger partial charge on any atom is -0.354 e. The third-order valence-corrected chi connectivity index (χ3v) is 7.80. The molecule has 0 spiro atoms. The average Bonchev–Trinajstić information content (AvgIpc) is 2.71. The van der Waals surface area contributed by atoms with Crippen LogP contribution in [0.4, 0.5) is 0 Å². The van der Waals surface area contributed by atoms with Crippen molar-refractivity contribution in [3.8, 4) is 0 Å². The van der Waals surface area contributed by atoms with E-state index < -0.39 is 10.0 Å². The highest BCUT2D eigenvalue weighted by Gasteiger charge is 2.30. The molecule has 1 saturated heterocycles. The summed E-state index contributed by atoms with van der Waals surface area (Å²) in [4.78, 5) is 15.0. The van der Waals surface area contributed by atoms with Gasteiger partial charge in [0, 0.05) is 30.6 Å². The summed E-state index contributed by atoms with van der Waals surface area (Å²) in [5.41, 5.74) is 1.01. The highest BCUT2D eigenvalue weighted by atomic mass is 35.5. The van der Waals surface area contributed by atoms with Crippen LogP contribution in [-0.4, -0.2) is 62.0 Å². The van der Waals surface area contributed by atoms with Crippen molar-refractivity contribution in [2.45, 2.75) is 39.7 Å². The van der Waals surface area contributed by atoms with Gasteiger partial charge >= 0.3 is 0 Å². The number of hydrogen-bond donors (Lipinski definition) is 1. The first-order valence-electron chi connectivity index (χ1n) is 10.1. The molecule has 1 unspecified atom stereocenters. The minimum atomic E-state index is -3.17. The smallest absolute Gasteiger partial charge is 0.223 e. The maximum atomic E-state index is 12.7. The second kappa shape index (κ2) is 10.6. The lowest BCUT2D eigenvalue weighted by Gasteiger charge is -2.33. The molecule has 1 fully saturated rings. The summed E-state index contributed by atoms with van der Waals surface area (Å²) in [5.74, 6) is -0.0440. The predicted octanol–water partition coefficient (Wildman–Crippen LogP) is 2.90. The molecule has 1 aromatic rings. The van der Waals surface area contributed by atoms with Gasteiger partial charge in [-0.2, -0.15) is 0 Å². The van der Waals surface area contributed by atoms with Gasteiger partial charge in [0.15, 0.2) is 0 Å². The molecule has 0 bridgehead atoms. The summed E-state index contributed by atoms with van der Waals surface area (Å²) < 4.78 is 25.5. The highest BCUT2D eigenvalue weighted by molar-refractivity contribution is 7.89. The minimum absolute atomic E-state index is 0.00208. The Bertz CT molecular complexity index is 745. The zero-order chi connectivity index (χ0) is 20.7. The molecular weight excluding hydrogens is 398 g/mol. The SMILES string of the molecule is CCN(CC)C(CNC(=O)C1CCN(S(=O)(=O)CC)CC1)c1ccccc1Cl. The number of sulfonamides is 1. The fourth-order valence-corrected chi connectivity index (χ4v) is 5.16. The molecule has 0 saturated carbocycles. The summed E-state index contributed by atoms with van der Waals surface area (Å²) in [6.07, 6.45) is 1.13. The molecule has 6 nitrogen and oxygen atoms in total. The Morgan fingerprint density at radius 2 is 1.82 bits per heavy atom. The molecule has 158 valence electrons. The third kappa shape index (κ3) is 5.69. The maximum absolute atomic E-state index is 12.7. The van der Waals surface area contributed by atoms with E-state index in [4.69, 9.17) is 11.6 Å². The lowest BCUT2D eigenvalue weighted by Crippen LogP contribution is -2.45. The normalized spacial score (nSPS) is 17.6. The molecule has 1 heterocycles. The first-order valence-corrected chi connectivity index (χ1v) is 12.1. The number of benzene rings is 1. The van der Waals surface area contributed by atoms with Crippen LogP contribution >= 0.6 is 11.6 Å². The van der Waals surface area contributed by atoms with E-state index in [0.29, 0.717) is 37.5 Å². The first-order chi connectivity index (χ1) is 13.3. The lowest BCUT2D eigenvalue weighted by atomic mass is 9.97. The molecule has 1 aromatic carbocycles. The Hall–Kier alpha value is -1.15. The average molecular weight is 430 g/mol. The number of halogens is 1. The van der Waals surface area contributed by atoms with Crippen LogP contribution in [0.3, 0.4) is 0 Å². The number of carbonyl (C=O) groups is 1. The number of hydrogen-bond acceptors (Lipinski definition) is 4. The standard InChI is InChI=1S/C20H32ClN3O3S/c1-4-23(5-2)19(17-9-7-8-10-18(17)21)15-22-20(25)16-11-13-24(14-12-16)28(26,27)6-3/h7-10,16,19H,4-6,11-15H2,1-3H3,(H,22,25). The van der Waals surface area contributed by atoms with E-state index in [-0.39, 0.29) is 23.6 Å². The van der Waals surface area contributed by atoms with Crippen LogP contribution in [0.2, 0.25) is 5.02 Å². The summed E-state index contributed by atoms with van der Waals surface area (Å²) in [5, 5.41) is 3.79. The zero-order valence-electron chi connectivity index (χ0n) is 17.0. The van der Waals surface area contributed by atoms with Gasteiger partial charge in [0.2, 0.25) is 15.9 Å². The Morgan fingerprint density at radius 1 is 1.21 bits per heavy atom. The number of rotatable bonds is 9. The molecule has 1 amide bonds. The van der Waals surface area contributed by atoms with Gasteiger partial charge in [-0.05, 0) is 44.5 Å². The van der Waals surface area contributed by atoms with Crippen molar-refractivity contribution in [1.29, 1.82) is 0 Å². The van der Waals surface area contributed by atoms with E-state index in [1.807, 2.05) is 24.3 Å². The van der Waals surface area contributed by atoms with Crippen LogP contribution < -0.4 is 5.32 Å². The van der Waals surface area contributed by atoms with E-state index in [2.05, 4.69) is 24.1 Å². The van der Waals surface area contributed by atoms with E-state index >= 15 is 0 Å². The molecule has 1 aliphatic heterocycles. The fraction of sp³-hybridized carbons (Fsp3) is 0.650. The molecule has 1 N–H and O–H groups in total. The van der Waals surface area contributed by atoms with Crippen LogP contribution in [0, 0.1) is 5.92 Å². The fourth-order valence-electron chi connectivity index (χ4n) is 3.77. The Balaban J connectivity index is 2.00. The second-order valence-electron chi connectivity index (χ2n) is 7.08. The molecule has 2 rings (SSSR count). The number of amides is 1. The quantitative estimate of drug-likeness (QED) is 0.655. The Labute approximate surface area is 174 Å². The number of carbonyl (C=O) groups excluding carboxylic acids is 1. The first kappa shape index (κ1) is 23.1. The van der Waals surface area contributed by atoms with Gasteiger partial charge in [-0.3, -0.25) is 9.69 Å². The van der Waals surface area contributed by atoms with Gasteiger partial charge in [0.1, 0.15) is 0 Å². The van der Waals surface area contributed by atoms with Crippen molar-refractivity contribution in [3.63, 3.8) is 0 Å². The van der Waals surface area contributed by atoms with Crippen LogP contribution in [0.1, 0.15) is 45.2 Å². The van der Waals surface area contributed by atoms with E-state index in [9.17, 15) is 13.2 Å². The molecule has 0 aliphatic carbocycles. The van der Waals surface area contributed by atoms with Crippen LogP contribution in [0.25, 0.3) is 0 Å². The monoisotopic (exact) mass is 429 g/mol. The van der Waals surface area contributed by atoms with Crippen molar-refractivity contribution >= 4 is 27.5 Å². The van der Waals surface area contributed by atoms with Crippen molar-refractivity contribution in [1.82, 2.24) is 14.5 Å². The van der Waals surface area contributed by atoms with E-state index in [0.717, 1.165) is 18.7 Å². The molecule has 28 heavy (non-hydrogen) atoms. The molecular formula is C20H32ClN3O3S. The molecule has 8 heteroatoms. The van der Waals surface area contributed by atoms with Gasteiger partial charge in [-0.15, -0.1) is 0 Å². The van der Waals surface area contributed by atoms with Crippen molar-refractivity contribution in [3.05, 3.63) is 34.9 Å². The number of piperidine rings is 1. The van der Waals surface area contributed by atoms with Crippen LogP contribution in [0.5, 0.6) is 0 Å². The summed E-state index contributed by atoms with van der Waals surface area (Å²) >= 11 is 6.41. The van der Waals surface area contributed by atoms with Crippen molar-refractivity contribution in [2.24, 2.45) is 5.92 Å². The van der Waals surface area contributed by atoms with Crippen LogP contribution in [-0.2, 0) is 14.8 Å².